The van der Waals surface area contributed by atoms with Gasteiger partial charge >= 0.3 is 0 Å². The van der Waals surface area contributed by atoms with Crippen molar-refractivity contribution < 1.29 is 15.0 Å². The molecule has 1 aromatic rings. The summed E-state index contributed by atoms with van der Waals surface area (Å²) in [6.45, 7) is 0.416. The monoisotopic (exact) mass is 281 g/mol. The molecule has 2 unspecified atom stereocenters. The van der Waals surface area contributed by atoms with Gasteiger partial charge in [-0.1, -0.05) is 6.42 Å². The molecule has 8 nitrogen and oxygen atoms in total. The maximum absolute atomic E-state index is 11.0. The van der Waals surface area contributed by atoms with E-state index in [2.05, 4.69) is 5.32 Å². The van der Waals surface area contributed by atoms with E-state index in [1.165, 1.54) is 12.1 Å². The molecular weight excluding hydrogens is 266 g/mol. The Hall–Kier alpha value is -2.22. The van der Waals surface area contributed by atoms with Crippen molar-refractivity contribution in [3.8, 4) is 0 Å². The molecule has 1 saturated carbocycles. The van der Waals surface area contributed by atoms with E-state index in [1.807, 2.05) is 0 Å². The van der Waals surface area contributed by atoms with Crippen LogP contribution >= 0.6 is 0 Å². The van der Waals surface area contributed by atoms with Crippen molar-refractivity contribution in [3.63, 3.8) is 0 Å². The van der Waals surface area contributed by atoms with Crippen LogP contribution in [-0.2, 0) is 0 Å². The summed E-state index contributed by atoms with van der Waals surface area (Å²) in [6.07, 6.45) is 2.17. The molecule has 1 fully saturated rings. The molecule has 0 bridgehead atoms. The van der Waals surface area contributed by atoms with Crippen molar-refractivity contribution in [1.82, 2.24) is 0 Å². The Kier molecular flexibility index (Phi) is 4.14. The van der Waals surface area contributed by atoms with Gasteiger partial charge in [0.15, 0.2) is 0 Å². The van der Waals surface area contributed by atoms with E-state index in [1.54, 1.807) is 0 Å². The van der Waals surface area contributed by atoms with Crippen LogP contribution in [0.3, 0.4) is 0 Å². The van der Waals surface area contributed by atoms with Crippen LogP contribution in [0.25, 0.3) is 0 Å². The fraction of sp³-hybridized carbons (Fsp3) is 0.500. The van der Waals surface area contributed by atoms with E-state index >= 15 is 0 Å². The number of nitro benzene ring substituents is 2. The first-order valence-electron chi connectivity index (χ1n) is 6.34. The van der Waals surface area contributed by atoms with E-state index in [0.717, 1.165) is 25.3 Å². The van der Waals surface area contributed by atoms with Crippen LogP contribution in [0.5, 0.6) is 0 Å². The van der Waals surface area contributed by atoms with Crippen molar-refractivity contribution in [2.24, 2.45) is 5.92 Å². The maximum Gasteiger partial charge on any atom is 0.299 e. The second kappa shape index (κ2) is 5.83. The van der Waals surface area contributed by atoms with Crippen LogP contribution in [0.15, 0.2) is 18.2 Å². The van der Waals surface area contributed by atoms with Crippen molar-refractivity contribution in [1.29, 1.82) is 0 Å². The zero-order valence-electron chi connectivity index (χ0n) is 10.7. The second-order valence-electron chi connectivity index (χ2n) is 4.85. The van der Waals surface area contributed by atoms with Gasteiger partial charge in [0.05, 0.1) is 22.0 Å². The van der Waals surface area contributed by atoms with Crippen LogP contribution in [-0.4, -0.2) is 27.6 Å². The minimum Gasteiger partial charge on any atom is -0.393 e. The molecule has 0 aromatic heterocycles. The highest BCUT2D eigenvalue weighted by Gasteiger charge is 2.26. The van der Waals surface area contributed by atoms with E-state index in [0.29, 0.717) is 6.54 Å². The molecule has 0 aliphatic heterocycles. The molecule has 0 radical (unpaired) electrons. The summed E-state index contributed by atoms with van der Waals surface area (Å²) < 4.78 is 0. The third kappa shape index (κ3) is 3.02. The highest BCUT2D eigenvalue weighted by Crippen LogP contribution is 2.31. The number of aliphatic hydroxyl groups excluding tert-OH is 1. The summed E-state index contributed by atoms with van der Waals surface area (Å²) in [4.78, 5) is 20.3. The lowest BCUT2D eigenvalue weighted by atomic mass is 10.1. The summed E-state index contributed by atoms with van der Waals surface area (Å²) in [5, 5.41) is 34.2. The number of benzene rings is 1. The molecule has 108 valence electrons. The molecule has 1 aliphatic carbocycles. The SMILES string of the molecule is O=[N+]([O-])c1ccc(NCC2CCCC2O)c([N+](=O)[O-])c1. The van der Waals surface area contributed by atoms with E-state index < -0.39 is 9.85 Å². The number of nitrogens with zero attached hydrogens (tertiary/aromatic N) is 2. The average Bonchev–Trinajstić information content (AvgIpc) is 2.81. The van der Waals surface area contributed by atoms with Gasteiger partial charge in [-0.25, -0.2) is 0 Å². The van der Waals surface area contributed by atoms with Crippen LogP contribution in [0.2, 0.25) is 0 Å². The van der Waals surface area contributed by atoms with Gasteiger partial charge in [-0.05, 0) is 18.9 Å². The molecule has 2 N–H and O–H groups in total. The second-order valence-corrected chi connectivity index (χ2v) is 4.85. The number of aliphatic hydroxyl groups is 1. The zero-order valence-corrected chi connectivity index (χ0v) is 10.7. The van der Waals surface area contributed by atoms with Crippen molar-refractivity contribution >= 4 is 17.1 Å². The van der Waals surface area contributed by atoms with Gasteiger partial charge in [-0.2, -0.15) is 0 Å². The first kappa shape index (κ1) is 14.2. The fourth-order valence-electron chi connectivity index (χ4n) is 2.43. The number of nitrogens with one attached hydrogen (secondary N) is 1. The molecule has 1 aromatic carbocycles. The lowest BCUT2D eigenvalue weighted by Crippen LogP contribution is -2.22. The summed E-state index contributed by atoms with van der Waals surface area (Å²) in [6, 6.07) is 3.49. The minimum atomic E-state index is -0.669. The predicted octanol–water partition coefficient (Wildman–Crippen LogP) is 2.08. The van der Waals surface area contributed by atoms with Crippen LogP contribution in [0.1, 0.15) is 19.3 Å². The number of hydrogen-bond acceptors (Lipinski definition) is 6. The number of nitro groups is 2. The van der Waals surface area contributed by atoms with Crippen molar-refractivity contribution in [2.45, 2.75) is 25.4 Å². The van der Waals surface area contributed by atoms with Gasteiger partial charge in [0, 0.05) is 18.5 Å². The van der Waals surface area contributed by atoms with Crippen LogP contribution < -0.4 is 5.32 Å². The maximum atomic E-state index is 11.0. The smallest absolute Gasteiger partial charge is 0.299 e. The Morgan fingerprint density at radius 2 is 2.00 bits per heavy atom. The van der Waals surface area contributed by atoms with Gasteiger partial charge in [-0.15, -0.1) is 0 Å². The Labute approximate surface area is 114 Å². The predicted molar refractivity (Wildman–Crippen MR) is 71.6 cm³/mol. The molecule has 0 heterocycles. The van der Waals surface area contributed by atoms with E-state index in [9.17, 15) is 25.3 Å². The lowest BCUT2D eigenvalue weighted by molar-refractivity contribution is -0.393. The minimum absolute atomic E-state index is 0.0600. The van der Waals surface area contributed by atoms with E-state index in [-0.39, 0.29) is 29.1 Å². The highest BCUT2D eigenvalue weighted by atomic mass is 16.6. The summed E-state index contributed by atoms with van der Waals surface area (Å²) >= 11 is 0. The fourth-order valence-corrected chi connectivity index (χ4v) is 2.43. The molecule has 20 heavy (non-hydrogen) atoms. The van der Waals surface area contributed by atoms with Crippen molar-refractivity contribution in [2.75, 3.05) is 11.9 Å². The molecule has 0 spiro atoms. The Morgan fingerprint density at radius 1 is 1.25 bits per heavy atom. The topological polar surface area (TPSA) is 119 Å². The third-order valence-electron chi connectivity index (χ3n) is 3.56. The molecule has 0 amide bonds. The highest BCUT2D eigenvalue weighted by molar-refractivity contribution is 5.65. The Bertz CT molecular complexity index is 534. The number of non-ortho nitro benzene ring substituents is 1. The molecule has 1 aliphatic rings. The summed E-state index contributed by atoms with van der Waals surface area (Å²) in [7, 11) is 0. The molecule has 8 heteroatoms. The average molecular weight is 281 g/mol. The number of rotatable bonds is 5. The molecule has 0 saturated heterocycles. The lowest BCUT2D eigenvalue weighted by Gasteiger charge is -2.15. The van der Waals surface area contributed by atoms with Gasteiger partial charge in [0.25, 0.3) is 11.4 Å². The normalized spacial score (nSPS) is 21.6. The molecule has 2 atom stereocenters. The van der Waals surface area contributed by atoms with Gasteiger partial charge in [0.2, 0.25) is 0 Å². The Morgan fingerprint density at radius 3 is 2.55 bits per heavy atom. The first-order valence-corrected chi connectivity index (χ1v) is 6.34. The summed E-state index contributed by atoms with van der Waals surface area (Å²) in [5.74, 6) is 0.0600. The first-order chi connectivity index (χ1) is 9.49. The van der Waals surface area contributed by atoms with E-state index in [4.69, 9.17) is 0 Å². The largest absolute Gasteiger partial charge is 0.393 e. The molecule has 2 rings (SSSR count). The number of hydrogen-bond donors (Lipinski definition) is 2. The van der Waals surface area contributed by atoms with Gasteiger partial charge in [-0.3, -0.25) is 20.2 Å². The van der Waals surface area contributed by atoms with Crippen LogP contribution in [0.4, 0.5) is 17.1 Å². The van der Waals surface area contributed by atoms with Crippen molar-refractivity contribution in [3.05, 3.63) is 38.4 Å². The number of anilines is 1. The molecular formula is C12H15N3O5. The zero-order chi connectivity index (χ0) is 14.7. The Balaban J connectivity index is 2.14. The summed E-state index contributed by atoms with van der Waals surface area (Å²) in [5.41, 5.74) is -0.408. The van der Waals surface area contributed by atoms with Gasteiger partial charge < -0.3 is 10.4 Å². The van der Waals surface area contributed by atoms with Gasteiger partial charge in [0.1, 0.15) is 5.69 Å². The van der Waals surface area contributed by atoms with Crippen LogP contribution in [0, 0.1) is 26.1 Å². The third-order valence-corrected chi connectivity index (χ3v) is 3.56. The standard InChI is InChI=1S/C12H15N3O5/c16-12-3-1-2-8(12)7-13-10-5-4-9(14(17)18)6-11(10)15(19)20/h4-6,8,12-13,16H,1-3,7H2. The quantitative estimate of drug-likeness (QED) is 0.630.